The molecule has 0 saturated carbocycles. The number of nitrogens with two attached hydrogens (primary N) is 1. The van der Waals surface area contributed by atoms with Gasteiger partial charge in [-0.3, -0.25) is 9.59 Å². The Hall–Kier alpha value is -2.55. The highest BCUT2D eigenvalue weighted by molar-refractivity contribution is 7.89. The maximum absolute atomic E-state index is 12.5. The Balaban J connectivity index is 1.45. The largest absolute Gasteiger partial charge is 0.326 e. The number of Topliss-reactive ketones (excluding diaryl/α,β-unsaturated/α-hetero) is 1. The molecule has 1 fully saturated rings. The number of likely N-dealkylation sites (tertiary alicyclic amines) is 1. The number of nitrogens with zero attached hydrogens (tertiary/aromatic N) is 1. The van der Waals surface area contributed by atoms with E-state index in [0.717, 1.165) is 31.5 Å². The van der Waals surface area contributed by atoms with Crippen molar-refractivity contribution in [1.29, 1.82) is 0 Å². The number of rotatable bonds is 7. The number of anilines is 1. The quantitative estimate of drug-likeness (QED) is 0.674. The van der Waals surface area contributed by atoms with Gasteiger partial charge in [0.15, 0.2) is 5.78 Å². The van der Waals surface area contributed by atoms with Gasteiger partial charge in [-0.05, 0) is 44.1 Å². The minimum atomic E-state index is -3.81. The molecule has 0 unspecified atom stereocenters. The molecule has 2 aromatic carbocycles. The van der Waals surface area contributed by atoms with Crippen LogP contribution < -0.4 is 10.5 Å². The summed E-state index contributed by atoms with van der Waals surface area (Å²) in [6.45, 7) is 2.14. The lowest BCUT2D eigenvalue weighted by molar-refractivity contribution is -0.116. The molecular formula is C21H25N3O4S. The lowest BCUT2D eigenvalue weighted by Crippen LogP contribution is -2.38. The van der Waals surface area contributed by atoms with Gasteiger partial charge in [0.05, 0.1) is 4.90 Å². The van der Waals surface area contributed by atoms with Crippen LogP contribution in [0.5, 0.6) is 0 Å². The predicted molar refractivity (Wildman–Crippen MR) is 111 cm³/mol. The summed E-state index contributed by atoms with van der Waals surface area (Å²) in [7, 11) is -3.81. The minimum absolute atomic E-state index is 0.0310. The molecule has 0 atom stereocenters. The fourth-order valence-electron chi connectivity index (χ4n) is 3.49. The van der Waals surface area contributed by atoms with Gasteiger partial charge in [-0.15, -0.1) is 0 Å². The number of carbonyl (C=O) groups is 2. The van der Waals surface area contributed by atoms with E-state index in [1.165, 1.54) is 18.2 Å². The van der Waals surface area contributed by atoms with E-state index in [1.54, 1.807) is 6.07 Å². The highest BCUT2D eigenvalue weighted by Gasteiger charge is 2.25. The summed E-state index contributed by atoms with van der Waals surface area (Å²) in [6, 6.07) is 15.2. The van der Waals surface area contributed by atoms with Crippen molar-refractivity contribution in [2.45, 2.75) is 24.2 Å². The van der Waals surface area contributed by atoms with Gasteiger partial charge in [0.1, 0.15) is 0 Å². The smallest absolute Gasteiger partial charge is 0.238 e. The first-order chi connectivity index (χ1) is 13.8. The molecule has 1 heterocycles. The SMILES string of the molecule is NS(=O)(=O)c1cccc(NC(=O)CCN2CCC(C(=O)c3ccccc3)CC2)c1. The summed E-state index contributed by atoms with van der Waals surface area (Å²) in [4.78, 5) is 26.9. The van der Waals surface area contributed by atoms with E-state index in [1.807, 2.05) is 30.3 Å². The number of nitrogens with one attached hydrogen (secondary N) is 1. The van der Waals surface area contributed by atoms with E-state index >= 15 is 0 Å². The maximum atomic E-state index is 12.5. The number of primary sulfonamides is 1. The summed E-state index contributed by atoms with van der Waals surface area (Å²) in [5.41, 5.74) is 1.15. The number of benzene rings is 2. The van der Waals surface area contributed by atoms with Crippen LogP contribution in [0.15, 0.2) is 59.5 Å². The maximum Gasteiger partial charge on any atom is 0.238 e. The molecule has 29 heavy (non-hydrogen) atoms. The van der Waals surface area contributed by atoms with E-state index in [4.69, 9.17) is 5.14 Å². The van der Waals surface area contributed by atoms with E-state index in [-0.39, 0.29) is 28.9 Å². The molecule has 3 rings (SSSR count). The van der Waals surface area contributed by atoms with Crippen LogP contribution in [0.2, 0.25) is 0 Å². The number of amides is 1. The Bertz CT molecular complexity index is 968. The molecule has 0 radical (unpaired) electrons. The second-order valence-electron chi connectivity index (χ2n) is 7.22. The molecule has 3 N–H and O–H groups in total. The Labute approximate surface area is 171 Å². The van der Waals surface area contributed by atoms with Gasteiger partial charge in [0.25, 0.3) is 0 Å². The van der Waals surface area contributed by atoms with Crippen LogP contribution >= 0.6 is 0 Å². The molecule has 2 aromatic rings. The van der Waals surface area contributed by atoms with Crippen LogP contribution in [0.4, 0.5) is 5.69 Å². The van der Waals surface area contributed by atoms with Gasteiger partial charge in [0, 0.05) is 30.1 Å². The van der Waals surface area contributed by atoms with Crippen LogP contribution in [0, 0.1) is 5.92 Å². The monoisotopic (exact) mass is 415 g/mol. The number of ketones is 1. The Morgan fingerprint density at radius 1 is 1.03 bits per heavy atom. The Morgan fingerprint density at radius 3 is 2.38 bits per heavy atom. The summed E-state index contributed by atoms with van der Waals surface area (Å²) < 4.78 is 22.8. The van der Waals surface area contributed by atoms with E-state index in [2.05, 4.69) is 10.2 Å². The minimum Gasteiger partial charge on any atom is -0.326 e. The number of sulfonamides is 1. The van der Waals surface area contributed by atoms with Gasteiger partial charge in [-0.2, -0.15) is 0 Å². The average Bonchev–Trinajstić information content (AvgIpc) is 2.72. The summed E-state index contributed by atoms with van der Waals surface area (Å²) in [5, 5.41) is 7.81. The summed E-state index contributed by atoms with van der Waals surface area (Å²) >= 11 is 0. The zero-order valence-corrected chi connectivity index (χ0v) is 16.9. The number of hydrogen-bond donors (Lipinski definition) is 2. The third kappa shape index (κ3) is 5.96. The summed E-state index contributed by atoms with van der Waals surface area (Å²) in [6.07, 6.45) is 1.86. The van der Waals surface area contributed by atoms with E-state index < -0.39 is 10.0 Å². The van der Waals surface area contributed by atoms with E-state index in [0.29, 0.717) is 12.2 Å². The van der Waals surface area contributed by atoms with Crippen molar-refractivity contribution in [1.82, 2.24) is 4.90 Å². The second-order valence-corrected chi connectivity index (χ2v) is 8.78. The first-order valence-corrected chi connectivity index (χ1v) is 11.1. The second kappa shape index (κ2) is 9.30. The normalized spacial score (nSPS) is 15.8. The Kier molecular flexibility index (Phi) is 6.79. The third-order valence-corrected chi connectivity index (χ3v) is 6.03. The Morgan fingerprint density at radius 2 is 1.72 bits per heavy atom. The number of hydrogen-bond acceptors (Lipinski definition) is 5. The van der Waals surface area contributed by atoms with Crippen molar-refractivity contribution in [2.75, 3.05) is 25.0 Å². The molecule has 0 bridgehead atoms. The number of piperidine rings is 1. The molecule has 0 aromatic heterocycles. The van der Waals surface area contributed by atoms with Crippen LogP contribution in [-0.4, -0.2) is 44.6 Å². The van der Waals surface area contributed by atoms with Crippen LogP contribution in [0.1, 0.15) is 29.6 Å². The van der Waals surface area contributed by atoms with E-state index in [9.17, 15) is 18.0 Å². The molecule has 1 amide bonds. The van der Waals surface area contributed by atoms with Crippen molar-refractivity contribution >= 4 is 27.4 Å². The highest BCUT2D eigenvalue weighted by Crippen LogP contribution is 2.22. The topological polar surface area (TPSA) is 110 Å². The number of carbonyl (C=O) groups excluding carboxylic acids is 2. The molecule has 7 nitrogen and oxygen atoms in total. The first-order valence-electron chi connectivity index (χ1n) is 9.57. The van der Waals surface area contributed by atoms with Crippen molar-refractivity contribution in [3.05, 3.63) is 60.2 Å². The van der Waals surface area contributed by atoms with Gasteiger partial charge in [0.2, 0.25) is 15.9 Å². The van der Waals surface area contributed by atoms with Crippen LogP contribution in [0.25, 0.3) is 0 Å². The zero-order valence-electron chi connectivity index (χ0n) is 16.1. The van der Waals surface area contributed by atoms with Crippen molar-refractivity contribution in [2.24, 2.45) is 11.1 Å². The fourth-order valence-corrected chi connectivity index (χ4v) is 4.05. The predicted octanol–water partition coefficient (Wildman–Crippen LogP) is 2.26. The van der Waals surface area contributed by atoms with Crippen LogP contribution in [0.3, 0.4) is 0 Å². The van der Waals surface area contributed by atoms with Crippen molar-refractivity contribution < 1.29 is 18.0 Å². The van der Waals surface area contributed by atoms with Gasteiger partial charge in [-0.1, -0.05) is 36.4 Å². The molecular weight excluding hydrogens is 390 g/mol. The molecule has 1 aliphatic rings. The van der Waals surface area contributed by atoms with Gasteiger partial charge in [-0.25, -0.2) is 13.6 Å². The molecule has 0 aliphatic carbocycles. The third-order valence-electron chi connectivity index (χ3n) is 5.12. The first kappa shape index (κ1) is 21.2. The average molecular weight is 416 g/mol. The molecule has 8 heteroatoms. The highest BCUT2D eigenvalue weighted by atomic mass is 32.2. The molecule has 1 aliphatic heterocycles. The lowest BCUT2D eigenvalue weighted by atomic mass is 9.89. The zero-order chi connectivity index (χ0) is 20.9. The standard InChI is InChI=1S/C21H25N3O4S/c22-29(27,28)19-8-4-7-18(15-19)23-20(25)11-14-24-12-9-17(10-13-24)21(26)16-5-2-1-3-6-16/h1-8,15,17H,9-14H2,(H,23,25)(H2,22,27,28). The van der Waals surface area contributed by atoms with Gasteiger partial charge >= 0.3 is 0 Å². The van der Waals surface area contributed by atoms with Gasteiger partial charge < -0.3 is 10.2 Å². The molecule has 0 spiro atoms. The van der Waals surface area contributed by atoms with Crippen LogP contribution in [-0.2, 0) is 14.8 Å². The lowest BCUT2D eigenvalue weighted by Gasteiger charge is -2.31. The molecule has 154 valence electrons. The van der Waals surface area contributed by atoms with Crippen molar-refractivity contribution in [3.8, 4) is 0 Å². The molecule has 1 saturated heterocycles. The van der Waals surface area contributed by atoms with Crippen molar-refractivity contribution in [3.63, 3.8) is 0 Å². The summed E-state index contributed by atoms with van der Waals surface area (Å²) in [5.74, 6) is 0.0280. The fraction of sp³-hybridized carbons (Fsp3) is 0.333.